The zero-order valence-corrected chi connectivity index (χ0v) is 15.4. The van der Waals surface area contributed by atoms with E-state index in [4.69, 9.17) is 16.7 Å². The van der Waals surface area contributed by atoms with Gasteiger partial charge in [-0.05, 0) is 29.7 Å². The maximum Gasteiger partial charge on any atom is 0.284 e. The highest BCUT2D eigenvalue weighted by atomic mass is 35.5. The topological polar surface area (TPSA) is 97.1 Å². The Morgan fingerprint density at radius 3 is 2.70 bits per heavy atom. The van der Waals surface area contributed by atoms with Crippen LogP contribution in [0.1, 0.15) is 10.4 Å². The standard InChI is InChI=1S/C17H14ClFN4O3S/c18-11-3-1-10(2-4-11)15-5-14(16(25)21-12(6-19)8-24)17(26)23(22-15)13-7-20-27-9-13/h1-5,7,9,12,24H,6,8H2,(H,21,25)/t12-/m0/s1. The second kappa shape index (κ2) is 8.38. The lowest BCUT2D eigenvalue weighted by atomic mass is 10.1. The Labute approximate surface area is 162 Å². The van der Waals surface area contributed by atoms with Crippen LogP contribution in [0.25, 0.3) is 16.9 Å². The number of rotatable bonds is 6. The van der Waals surface area contributed by atoms with Gasteiger partial charge in [0.25, 0.3) is 11.5 Å². The molecule has 1 amide bonds. The van der Waals surface area contributed by atoms with Crippen molar-refractivity contribution in [1.29, 1.82) is 0 Å². The Balaban J connectivity index is 2.13. The lowest BCUT2D eigenvalue weighted by molar-refractivity contribution is 0.0902. The number of nitrogens with zero attached hydrogens (tertiary/aromatic N) is 3. The Morgan fingerprint density at radius 1 is 1.37 bits per heavy atom. The van der Waals surface area contributed by atoms with E-state index in [-0.39, 0.29) is 5.56 Å². The highest BCUT2D eigenvalue weighted by molar-refractivity contribution is 7.03. The maximum atomic E-state index is 12.8. The minimum Gasteiger partial charge on any atom is -0.394 e. The molecule has 3 rings (SSSR count). The summed E-state index contributed by atoms with van der Waals surface area (Å²) < 4.78 is 17.8. The van der Waals surface area contributed by atoms with E-state index in [9.17, 15) is 14.0 Å². The van der Waals surface area contributed by atoms with Crippen LogP contribution in [-0.4, -0.2) is 44.5 Å². The van der Waals surface area contributed by atoms with Gasteiger partial charge < -0.3 is 10.4 Å². The first-order valence-corrected chi connectivity index (χ1v) is 9.02. The van der Waals surface area contributed by atoms with Crippen molar-refractivity contribution in [3.63, 3.8) is 0 Å². The van der Waals surface area contributed by atoms with Gasteiger partial charge in [-0.25, -0.2) is 4.39 Å². The van der Waals surface area contributed by atoms with Crippen LogP contribution < -0.4 is 10.9 Å². The summed E-state index contributed by atoms with van der Waals surface area (Å²) in [5.74, 6) is -0.800. The highest BCUT2D eigenvalue weighted by Gasteiger charge is 2.20. The lowest BCUT2D eigenvalue weighted by Gasteiger charge is -2.14. The van der Waals surface area contributed by atoms with E-state index in [1.807, 2.05) is 0 Å². The number of aliphatic hydroxyl groups is 1. The Bertz CT molecular complexity index is 988. The molecule has 0 aliphatic rings. The summed E-state index contributed by atoms with van der Waals surface area (Å²) in [5.41, 5.74) is 0.478. The molecule has 140 valence electrons. The molecule has 0 aliphatic carbocycles. The summed E-state index contributed by atoms with van der Waals surface area (Å²) in [6, 6.07) is 6.94. The number of carbonyl (C=O) groups is 1. The monoisotopic (exact) mass is 408 g/mol. The smallest absolute Gasteiger partial charge is 0.284 e. The van der Waals surface area contributed by atoms with Crippen molar-refractivity contribution < 1.29 is 14.3 Å². The number of halogens is 2. The molecule has 0 unspecified atom stereocenters. The van der Waals surface area contributed by atoms with E-state index in [1.54, 1.807) is 29.6 Å². The molecular weight excluding hydrogens is 395 g/mol. The molecule has 2 N–H and O–H groups in total. The summed E-state index contributed by atoms with van der Waals surface area (Å²) >= 11 is 7.03. The Morgan fingerprint density at radius 2 is 2.11 bits per heavy atom. The van der Waals surface area contributed by atoms with Crippen molar-refractivity contribution in [2.45, 2.75) is 6.04 Å². The lowest BCUT2D eigenvalue weighted by Crippen LogP contribution is -2.42. The van der Waals surface area contributed by atoms with E-state index >= 15 is 0 Å². The number of amides is 1. The number of benzene rings is 1. The van der Waals surface area contributed by atoms with Crippen molar-refractivity contribution in [1.82, 2.24) is 19.5 Å². The first-order chi connectivity index (χ1) is 13.0. The second-order valence-corrected chi connectivity index (χ2v) is 6.65. The van der Waals surface area contributed by atoms with E-state index in [0.29, 0.717) is 22.0 Å². The summed E-state index contributed by atoms with van der Waals surface area (Å²) in [6.07, 6.45) is 1.45. The molecule has 0 bridgehead atoms. The number of aliphatic hydroxyl groups excluding tert-OH is 1. The number of hydrogen-bond donors (Lipinski definition) is 2. The first-order valence-electron chi connectivity index (χ1n) is 7.81. The van der Waals surface area contributed by atoms with Crippen LogP contribution in [0.5, 0.6) is 0 Å². The van der Waals surface area contributed by atoms with Gasteiger partial charge in [0.05, 0.1) is 30.2 Å². The van der Waals surface area contributed by atoms with E-state index in [2.05, 4.69) is 14.8 Å². The molecule has 7 nitrogen and oxygen atoms in total. The minimum atomic E-state index is -1.10. The van der Waals surface area contributed by atoms with Crippen LogP contribution in [-0.2, 0) is 0 Å². The number of alkyl halides is 1. The SMILES string of the molecule is O=C(N[C@H](CO)CF)c1cc(-c2ccc(Cl)cc2)nn(-c2cnsc2)c1=O. The van der Waals surface area contributed by atoms with Gasteiger partial charge in [0, 0.05) is 16.0 Å². The molecule has 2 heterocycles. The number of nitrogens with one attached hydrogen (secondary N) is 1. The van der Waals surface area contributed by atoms with Crippen LogP contribution in [0, 0.1) is 0 Å². The van der Waals surface area contributed by atoms with Gasteiger partial charge in [0.15, 0.2) is 0 Å². The summed E-state index contributed by atoms with van der Waals surface area (Å²) in [6.45, 7) is -1.54. The van der Waals surface area contributed by atoms with Crippen LogP contribution in [0.15, 0.2) is 46.7 Å². The normalized spacial score (nSPS) is 12.0. The Kier molecular flexibility index (Phi) is 5.94. The van der Waals surface area contributed by atoms with Gasteiger partial charge in [-0.3, -0.25) is 9.59 Å². The average molecular weight is 409 g/mol. The molecule has 0 saturated carbocycles. The Hall–Kier alpha value is -2.62. The molecule has 3 aromatic rings. The van der Waals surface area contributed by atoms with E-state index in [0.717, 1.165) is 16.2 Å². The summed E-state index contributed by atoms with van der Waals surface area (Å²) in [5, 5.41) is 17.8. The van der Waals surface area contributed by atoms with Crippen molar-refractivity contribution >= 4 is 29.0 Å². The van der Waals surface area contributed by atoms with Crippen molar-refractivity contribution in [2.24, 2.45) is 0 Å². The summed E-state index contributed by atoms with van der Waals surface area (Å²) in [7, 11) is 0. The van der Waals surface area contributed by atoms with Crippen molar-refractivity contribution in [3.05, 3.63) is 62.8 Å². The van der Waals surface area contributed by atoms with Gasteiger partial charge in [0.1, 0.15) is 12.2 Å². The largest absolute Gasteiger partial charge is 0.394 e. The van der Waals surface area contributed by atoms with Gasteiger partial charge in [-0.15, -0.1) is 0 Å². The first kappa shape index (κ1) is 19.2. The van der Waals surface area contributed by atoms with Crippen molar-refractivity contribution in [2.75, 3.05) is 13.3 Å². The third kappa shape index (κ3) is 4.21. The molecule has 0 fully saturated rings. The van der Waals surface area contributed by atoms with Gasteiger partial charge >= 0.3 is 0 Å². The van der Waals surface area contributed by atoms with Crippen LogP contribution in [0.4, 0.5) is 4.39 Å². The average Bonchev–Trinajstić information content (AvgIpc) is 3.21. The third-order valence-electron chi connectivity index (χ3n) is 3.70. The second-order valence-electron chi connectivity index (χ2n) is 5.56. The van der Waals surface area contributed by atoms with Gasteiger partial charge in [-0.1, -0.05) is 23.7 Å². The highest BCUT2D eigenvalue weighted by Crippen LogP contribution is 2.20. The predicted molar refractivity (Wildman–Crippen MR) is 100 cm³/mol. The molecule has 0 radical (unpaired) electrons. The fourth-order valence-corrected chi connectivity index (χ4v) is 2.92. The third-order valence-corrected chi connectivity index (χ3v) is 4.53. The number of hydrogen-bond acceptors (Lipinski definition) is 6. The van der Waals surface area contributed by atoms with E-state index in [1.165, 1.54) is 12.3 Å². The number of aromatic nitrogens is 3. The van der Waals surface area contributed by atoms with Crippen LogP contribution in [0.3, 0.4) is 0 Å². The van der Waals surface area contributed by atoms with Crippen molar-refractivity contribution in [3.8, 4) is 16.9 Å². The minimum absolute atomic E-state index is 0.229. The number of carbonyl (C=O) groups excluding carboxylic acids is 1. The quantitative estimate of drug-likeness (QED) is 0.650. The summed E-state index contributed by atoms with van der Waals surface area (Å²) in [4.78, 5) is 25.2. The molecule has 2 aromatic heterocycles. The van der Waals surface area contributed by atoms with Gasteiger partial charge in [0.2, 0.25) is 0 Å². The maximum absolute atomic E-state index is 12.8. The fraction of sp³-hybridized carbons (Fsp3) is 0.176. The molecule has 0 spiro atoms. The molecule has 0 aliphatic heterocycles. The van der Waals surface area contributed by atoms with Gasteiger partial charge in [-0.2, -0.15) is 14.2 Å². The fourth-order valence-electron chi connectivity index (χ4n) is 2.29. The zero-order chi connectivity index (χ0) is 19.4. The van der Waals surface area contributed by atoms with Crippen LogP contribution >= 0.6 is 23.1 Å². The molecule has 1 aromatic carbocycles. The van der Waals surface area contributed by atoms with E-state index < -0.39 is 30.8 Å². The molecule has 27 heavy (non-hydrogen) atoms. The zero-order valence-electron chi connectivity index (χ0n) is 13.8. The molecule has 10 heteroatoms. The molecular formula is C17H14ClFN4O3S. The molecule has 1 atom stereocenters. The predicted octanol–water partition coefficient (Wildman–Crippen LogP) is 2.07. The molecule has 0 saturated heterocycles. The van der Waals surface area contributed by atoms with Crippen LogP contribution in [0.2, 0.25) is 5.02 Å².